The molecule has 2 aromatic rings. The molecule has 1 aliphatic rings. The number of hydrogen-bond donors (Lipinski definition) is 1. The van der Waals surface area contributed by atoms with Gasteiger partial charge >= 0.3 is 0 Å². The Morgan fingerprint density at radius 2 is 1.79 bits per heavy atom. The number of halogens is 1. The molecule has 0 atom stereocenters. The number of hydrogen-bond acceptors (Lipinski definition) is 5. The van der Waals surface area contributed by atoms with Crippen molar-refractivity contribution >= 4 is 11.8 Å². The second kappa shape index (κ2) is 9.38. The fourth-order valence-electron chi connectivity index (χ4n) is 3.29. The molecule has 2 aromatic carbocycles. The average Bonchev–Trinajstić information content (AvgIpc) is 2.73. The lowest BCUT2D eigenvalue weighted by Crippen LogP contribution is -2.49. The van der Waals surface area contributed by atoms with Crippen LogP contribution >= 0.6 is 0 Å². The predicted molar refractivity (Wildman–Crippen MR) is 105 cm³/mol. The Bertz CT molecular complexity index is 882. The van der Waals surface area contributed by atoms with E-state index in [2.05, 4.69) is 4.90 Å². The highest BCUT2D eigenvalue weighted by Gasteiger charge is 2.23. The number of nitrogens with zero attached hydrogens (tertiary/aromatic N) is 2. The van der Waals surface area contributed by atoms with Gasteiger partial charge in [0.1, 0.15) is 17.3 Å². The van der Waals surface area contributed by atoms with Crippen LogP contribution in [0.3, 0.4) is 0 Å². The summed E-state index contributed by atoms with van der Waals surface area (Å²) in [6.45, 7) is 2.77. The molecule has 0 aliphatic carbocycles. The number of primary amides is 1. The normalized spacial score (nSPS) is 14.5. The summed E-state index contributed by atoms with van der Waals surface area (Å²) < 4.78 is 24.3. The molecule has 29 heavy (non-hydrogen) atoms. The molecule has 1 fully saturated rings. The lowest BCUT2D eigenvalue weighted by molar-refractivity contribution is -0.135. The molecule has 1 saturated heterocycles. The van der Waals surface area contributed by atoms with Crippen LogP contribution in [0.4, 0.5) is 4.39 Å². The first-order valence-corrected chi connectivity index (χ1v) is 9.32. The Hall–Kier alpha value is -3.13. The van der Waals surface area contributed by atoms with E-state index in [0.717, 1.165) is 5.56 Å². The average molecular weight is 401 g/mol. The van der Waals surface area contributed by atoms with Crippen molar-refractivity contribution in [3.05, 3.63) is 59.4 Å². The number of ether oxygens (including phenoxy) is 2. The van der Waals surface area contributed by atoms with Crippen molar-refractivity contribution in [2.45, 2.75) is 6.54 Å². The lowest BCUT2D eigenvalue weighted by atomic mass is 10.1. The van der Waals surface area contributed by atoms with E-state index in [0.29, 0.717) is 44.2 Å². The Kier molecular flexibility index (Phi) is 6.66. The number of carbonyl (C=O) groups is 2. The third kappa shape index (κ3) is 5.23. The van der Waals surface area contributed by atoms with E-state index in [1.54, 1.807) is 42.3 Å². The molecular formula is C21H24FN3O4. The van der Waals surface area contributed by atoms with Crippen LogP contribution in [-0.2, 0) is 11.3 Å². The maximum atomic E-state index is 13.5. The van der Waals surface area contributed by atoms with Gasteiger partial charge in [0.25, 0.3) is 11.8 Å². The van der Waals surface area contributed by atoms with Crippen LogP contribution in [0.5, 0.6) is 11.5 Å². The van der Waals surface area contributed by atoms with Gasteiger partial charge in [0.15, 0.2) is 6.61 Å². The minimum Gasteiger partial charge on any atom is -0.496 e. The summed E-state index contributed by atoms with van der Waals surface area (Å²) in [6.07, 6.45) is 0. The molecule has 8 heteroatoms. The van der Waals surface area contributed by atoms with Crippen LogP contribution in [0.25, 0.3) is 0 Å². The first-order valence-electron chi connectivity index (χ1n) is 9.32. The highest BCUT2D eigenvalue weighted by atomic mass is 19.1. The van der Waals surface area contributed by atoms with Gasteiger partial charge in [-0.2, -0.15) is 0 Å². The van der Waals surface area contributed by atoms with Gasteiger partial charge in [0.05, 0.1) is 12.7 Å². The van der Waals surface area contributed by atoms with Gasteiger partial charge in [-0.15, -0.1) is 0 Å². The summed E-state index contributed by atoms with van der Waals surface area (Å²) in [5, 5.41) is 0. The van der Waals surface area contributed by atoms with E-state index in [4.69, 9.17) is 15.2 Å². The molecular weight excluding hydrogens is 377 g/mol. The number of rotatable bonds is 7. The first-order chi connectivity index (χ1) is 14.0. The van der Waals surface area contributed by atoms with Gasteiger partial charge in [-0.1, -0.05) is 12.1 Å². The molecule has 0 saturated carbocycles. The van der Waals surface area contributed by atoms with Crippen molar-refractivity contribution in [3.63, 3.8) is 0 Å². The predicted octanol–water partition coefficient (Wildman–Crippen LogP) is 1.66. The smallest absolute Gasteiger partial charge is 0.260 e. The maximum Gasteiger partial charge on any atom is 0.260 e. The number of carbonyl (C=O) groups excluding carboxylic acids is 2. The Labute approximate surface area is 168 Å². The molecule has 7 nitrogen and oxygen atoms in total. The van der Waals surface area contributed by atoms with Crippen LogP contribution in [0.1, 0.15) is 15.9 Å². The van der Waals surface area contributed by atoms with Gasteiger partial charge in [-0.05, 0) is 30.3 Å². The topological polar surface area (TPSA) is 85.1 Å². The largest absolute Gasteiger partial charge is 0.496 e. The molecule has 0 unspecified atom stereocenters. The van der Waals surface area contributed by atoms with Crippen molar-refractivity contribution in [1.29, 1.82) is 0 Å². The fraction of sp³-hybridized carbons (Fsp3) is 0.333. The summed E-state index contributed by atoms with van der Waals surface area (Å²) in [6, 6.07) is 11.0. The van der Waals surface area contributed by atoms with E-state index < -0.39 is 5.91 Å². The zero-order chi connectivity index (χ0) is 20.8. The molecule has 2 N–H and O–H groups in total. The van der Waals surface area contributed by atoms with Crippen LogP contribution < -0.4 is 15.2 Å². The third-order valence-corrected chi connectivity index (χ3v) is 4.87. The summed E-state index contributed by atoms with van der Waals surface area (Å²) in [4.78, 5) is 27.7. The summed E-state index contributed by atoms with van der Waals surface area (Å²) in [5.41, 5.74) is 6.34. The molecule has 0 aromatic heterocycles. The summed E-state index contributed by atoms with van der Waals surface area (Å²) in [7, 11) is 1.56. The number of methoxy groups -OCH3 is 1. The van der Waals surface area contributed by atoms with Gasteiger partial charge < -0.3 is 20.1 Å². The minimum atomic E-state index is -0.602. The van der Waals surface area contributed by atoms with Crippen LogP contribution in [0, 0.1) is 5.82 Å². The number of nitrogens with two attached hydrogens (primary N) is 1. The van der Waals surface area contributed by atoms with Crippen molar-refractivity contribution < 1.29 is 23.5 Å². The summed E-state index contributed by atoms with van der Waals surface area (Å²) >= 11 is 0. The highest BCUT2D eigenvalue weighted by Crippen LogP contribution is 2.22. The molecule has 0 radical (unpaired) electrons. The van der Waals surface area contributed by atoms with Crippen LogP contribution in [0.2, 0.25) is 0 Å². The molecule has 3 rings (SSSR count). The van der Waals surface area contributed by atoms with Crippen molar-refractivity contribution in [3.8, 4) is 11.5 Å². The quantitative estimate of drug-likeness (QED) is 0.763. The zero-order valence-corrected chi connectivity index (χ0v) is 16.3. The van der Waals surface area contributed by atoms with Crippen molar-refractivity contribution in [2.24, 2.45) is 5.73 Å². The molecule has 2 amide bonds. The van der Waals surface area contributed by atoms with Crippen LogP contribution in [-0.4, -0.2) is 61.5 Å². The Morgan fingerprint density at radius 1 is 1.07 bits per heavy atom. The van der Waals surface area contributed by atoms with E-state index in [1.807, 2.05) is 0 Å². The van der Waals surface area contributed by atoms with Crippen molar-refractivity contribution in [1.82, 2.24) is 9.80 Å². The SMILES string of the molecule is COc1ccc(F)cc1CN1CCN(C(=O)COc2ccccc2C(N)=O)CC1. The molecule has 1 aliphatic heterocycles. The molecule has 1 heterocycles. The van der Waals surface area contributed by atoms with E-state index in [1.165, 1.54) is 12.1 Å². The van der Waals surface area contributed by atoms with Gasteiger partial charge in [0, 0.05) is 38.3 Å². The summed E-state index contributed by atoms with van der Waals surface area (Å²) in [5.74, 6) is -0.124. The zero-order valence-electron chi connectivity index (χ0n) is 16.3. The Morgan fingerprint density at radius 3 is 2.48 bits per heavy atom. The van der Waals surface area contributed by atoms with Gasteiger partial charge in [-0.25, -0.2) is 4.39 Å². The Balaban J connectivity index is 1.51. The monoisotopic (exact) mass is 401 g/mol. The van der Waals surface area contributed by atoms with E-state index in [9.17, 15) is 14.0 Å². The van der Waals surface area contributed by atoms with E-state index >= 15 is 0 Å². The lowest BCUT2D eigenvalue weighted by Gasteiger charge is -2.34. The molecule has 154 valence electrons. The van der Waals surface area contributed by atoms with E-state index in [-0.39, 0.29) is 23.9 Å². The van der Waals surface area contributed by atoms with Crippen molar-refractivity contribution in [2.75, 3.05) is 39.9 Å². The maximum absolute atomic E-state index is 13.5. The molecule has 0 spiro atoms. The number of amides is 2. The first kappa shape index (κ1) is 20.6. The standard InChI is InChI=1S/C21H24FN3O4/c1-28-18-7-6-16(22)12-15(18)13-24-8-10-25(11-9-24)20(26)14-29-19-5-3-2-4-17(19)21(23)27/h2-7,12H,8-11,13-14H2,1H3,(H2,23,27). The number of para-hydroxylation sites is 1. The van der Waals surface area contributed by atoms with Gasteiger partial charge in [0.2, 0.25) is 0 Å². The second-order valence-corrected chi connectivity index (χ2v) is 6.76. The number of benzene rings is 2. The van der Waals surface area contributed by atoms with Gasteiger partial charge in [-0.3, -0.25) is 14.5 Å². The highest BCUT2D eigenvalue weighted by molar-refractivity contribution is 5.95. The van der Waals surface area contributed by atoms with Crippen LogP contribution in [0.15, 0.2) is 42.5 Å². The fourth-order valence-corrected chi connectivity index (χ4v) is 3.29. The number of piperazine rings is 1. The third-order valence-electron chi connectivity index (χ3n) is 4.87. The second-order valence-electron chi connectivity index (χ2n) is 6.76. The minimum absolute atomic E-state index is 0.160. The molecule has 0 bridgehead atoms.